The van der Waals surface area contributed by atoms with Gasteiger partial charge in [0.2, 0.25) is 0 Å². The van der Waals surface area contributed by atoms with Crippen LogP contribution >= 0.6 is 24.8 Å². The van der Waals surface area contributed by atoms with E-state index < -0.39 is 0 Å². The number of benzene rings is 2. The minimum absolute atomic E-state index is 0. The van der Waals surface area contributed by atoms with Crippen LogP contribution in [0.4, 0.5) is 0 Å². The van der Waals surface area contributed by atoms with E-state index in [9.17, 15) is 0 Å². The van der Waals surface area contributed by atoms with Crippen molar-refractivity contribution in [3.63, 3.8) is 0 Å². The van der Waals surface area contributed by atoms with Crippen LogP contribution in [-0.2, 0) is 6.42 Å². The molecule has 1 fully saturated rings. The molecule has 3 N–H and O–H groups in total. The zero-order chi connectivity index (χ0) is 17.5. The Morgan fingerprint density at radius 2 is 1.56 bits per heavy atom. The summed E-state index contributed by atoms with van der Waals surface area (Å²) in [6.07, 6.45) is 2.93. The summed E-state index contributed by atoms with van der Waals surface area (Å²) in [7, 11) is 0. The summed E-state index contributed by atoms with van der Waals surface area (Å²) in [6.45, 7) is 3.63. The zero-order valence-electron chi connectivity index (χ0n) is 15.5. The number of nitrogens with zero attached hydrogens (tertiary/aromatic N) is 1. The van der Waals surface area contributed by atoms with Crippen molar-refractivity contribution in [2.24, 2.45) is 11.7 Å². The molecule has 0 radical (unpaired) electrons. The number of halogens is 2. The van der Waals surface area contributed by atoms with Crippen LogP contribution in [0.1, 0.15) is 24.0 Å². The molecule has 1 aliphatic heterocycles. The maximum absolute atomic E-state index is 7.53. The van der Waals surface area contributed by atoms with Gasteiger partial charge in [-0.1, -0.05) is 42.5 Å². The van der Waals surface area contributed by atoms with E-state index in [1.807, 2.05) is 6.07 Å². The Hall–Kier alpha value is -1.75. The molecule has 0 unspecified atom stereocenters. The van der Waals surface area contributed by atoms with Crippen molar-refractivity contribution >= 4 is 30.6 Å². The molecule has 0 spiro atoms. The third-order valence-electron chi connectivity index (χ3n) is 4.88. The quantitative estimate of drug-likeness (QED) is 0.533. The predicted molar refractivity (Wildman–Crippen MR) is 117 cm³/mol. The normalized spacial score (nSPS) is 14.7. The van der Waals surface area contributed by atoms with Crippen molar-refractivity contribution in [1.29, 1.82) is 5.41 Å². The number of piperidine rings is 1. The smallest absolute Gasteiger partial charge is 0.119 e. The highest BCUT2D eigenvalue weighted by Crippen LogP contribution is 2.18. The number of rotatable bonds is 7. The maximum Gasteiger partial charge on any atom is 0.119 e. The highest BCUT2D eigenvalue weighted by molar-refractivity contribution is 5.85. The van der Waals surface area contributed by atoms with Crippen molar-refractivity contribution in [2.45, 2.75) is 19.3 Å². The molecule has 6 heteroatoms. The monoisotopic (exact) mass is 409 g/mol. The van der Waals surface area contributed by atoms with Gasteiger partial charge in [-0.05, 0) is 55.6 Å². The van der Waals surface area contributed by atoms with Gasteiger partial charge in [-0.3, -0.25) is 10.3 Å². The fourth-order valence-electron chi connectivity index (χ4n) is 3.30. The molecule has 0 aliphatic carbocycles. The number of nitrogens with two attached hydrogens (primary N) is 1. The second-order valence-corrected chi connectivity index (χ2v) is 6.73. The third-order valence-corrected chi connectivity index (χ3v) is 4.88. The first-order chi connectivity index (χ1) is 12.2. The molecule has 0 bridgehead atoms. The Labute approximate surface area is 174 Å². The van der Waals surface area contributed by atoms with Crippen LogP contribution in [0.15, 0.2) is 54.6 Å². The first-order valence-corrected chi connectivity index (χ1v) is 9.02. The summed E-state index contributed by atoms with van der Waals surface area (Å²) in [6, 6.07) is 18.9. The van der Waals surface area contributed by atoms with Crippen LogP contribution < -0.4 is 10.5 Å². The number of likely N-dealkylation sites (tertiary alicyclic amines) is 1. The van der Waals surface area contributed by atoms with E-state index >= 15 is 0 Å². The summed E-state index contributed by atoms with van der Waals surface area (Å²) >= 11 is 0. The Kier molecular flexibility index (Phi) is 10.2. The maximum atomic E-state index is 7.53. The van der Waals surface area contributed by atoms with Crippen LogP contribution in [0.25, 0.3) is 0 Å². The minimum Gasteiger partial charge on any atom is -0.492 e. The Morgan fingerprint density at radius 3 is 2.15 bits per heavy atom. The van der Waals surface area contributed by atoms with E-state index in [-0.39, 0.29) is 30.7 Å². The van der Waals surface area contributed by atoms with Gasteiger partial charge in [-0.2, -0.15) is 0 Å². The standard InChI is InChI=1S/C21H27N3O.2ClH/c22-21(23)19-10-12-24(13-11-19)14-15-25-20-8-6-18(7-9-20)16-17-4-2-1-3-5-17;;/h1-9,19H,10-16H2,(H3,22,23);2*1H. The highest BCUT2D eigenvalue weighted by Gasteiger charge is 2.20. The van der Waals surface area contributed by atoms with E-state index in [4.69, 9.17) is 15.9 Å². The minimum atomic E-state index is 0. The summed E-state index contributed by atoms with van der Waals surface area (Å²) in [5.74, 6) is 1.54. The van der Waals surface area contributed by atoms with E-state index in [1.165, 1.54) is 11.1 Å². The van der Waals surface area contributed by atoms with Crippen LogP contribution in [0.3, 0.4) is 0 Å². The molecule has 2 aromatic rings. The second-order valence-electron chi connectivity index (χ2n) is 6.73. The van der Waals surface area contributed by atoms with E-state index in [2.05, 4.69) is 53.4 Å². The van der Waals surface area contributed by atoms with E-state index in [0.717, 1.165) is 44.6 Å². The molecule has 148 valence electrons. The average Bonchev–Trinajstić information content (AvgIpc) is 2.64. The Bertz CT molecular complexity index is 672. The number of hydrogen-bond donors (Lipinski definition) is 2. The van der Waals surface area contributed by atoms with Gasteiger partial charge < -0.3 is 10.5 Å². The summed E-state index contributed by atoms with van der Waals surface area (Å²) in [5.41, 5.74) is 8.21. The number of nitrogens with one attached hydrogen (secondary N) is 1. The summed E-state index contributed by atoms with van der Waals surface area (Å²) in [5, 5.41) is 7.53. The van der Waals surface area contributed by atoms with Crippen LogP contribution in [0.5, 0.6) is 5.75 Å². The molecular formula is C21H29Cl2N3O. The SMILES string of the molecule is Cl.Cl.N=C(N)C1CCN(CCOc2ccc(Cc3ccccc3)cc2)CC1. The third kappa shape index (κ3) is 7.41. The number of hydrogen-bond acceptors (Lipinski definition) is 3. The number of ether oxygens (including phenoxy) is 1. The van der Waals surface area contributed by atoms with Crippen molar-refractivity contribution in [1.82, 2.24) is 4.90 Å². The molecule has 2 aromatic carbocycles. The lowest BCUT2D eigenvalue weighted by Gasteiger charge is -2.31. The first kappa shape index (κ1) is 23.3. The molecule has 4 nitrogen and oxygen atoms in total. The lowest BCUT2D eigenvalue weighted by atomic mass is 9.96. The predicted octanol–water partition coefficient (Wildman–Crippen LogP) is 4.15. The van der Waals surface area contributed by atoms with Crippen molar-refractivity contribution in [2.75, 3.05) is 26.2 Å². The van der Waals surface area contributed by atoms with Gasteiger partial charge in [-0.25, -0.2) is 0 Å². The van der Waals surface area contributed by atoms with Crippen molar-refractivity contribution in [3.05, 3.63) is 65.7 Å². The van der Waals surface area contributed by atoms with Gasteiger partial charge in [0.05, 0.1) is 5.84 Å². The largest absolute Gasteiger partial charge is 0.492 e. The number of amidine groups is 1. The Morgan fingerprint density at radius 1 is 0.963 bits per heavy atom. The van der Waals surface area contributed by atoms with Crippen molar-refractivity contribution < 1.29 is 4.74 Å². The zero-order valence-corrected chi connectivity index (χ0v) is 17.1. The molecule has 0 saturated carbocycles. The van der Waals surface area contributed by atoms with Gasteiger partial charge in [-0.15, -0.1) is 24.8 Å². The lowest BCUT2D eigenvalue weighted by Crippen LogP contribution is -2.40. The molecule has 1 heterocycles. The van der Waals surface area contributed by atoms with Gasteiger partial charge in [0.1, 0.15) is 12.4 Å². The van der Waals surface area contributed by atoms with Crippen LogP contribution in [-0.4, -0.2) is 37.0 Å². The van der Waals surface area contributed by atoms with E-state index in [0.29, 0.717) is 12.4 Å². The Balaban J connectivity index is 0.00000182. The molecule has 27 heavy (non-hydrogen) atoms. The van der Waals surface area contributed by atoms with Crippen molar-refractivity contribution in [3.8, 4) is 5.75 Å². The first-order valence-electron chi connectivity index (χ1n) is 9.02. The van der Waals surface area contributed by atoms with Gasteiger partial charge in [0.15, 0.2) is 0 Å². The molecular weight excluding hydrogens is 381 g/mol. The van der Waals surface area contributed by atoms with Crippen LogP contribution in [0, 0.1) is 11.3 Å². The van der Waals surface area contributed by atoms with Gasteiger partial charge >= 0.3 is 0 Å². The summed E-state index contributed by atoms with van der Waals surface area (Å²) in [4.78, 5) is 2.39. The lowest BCUT2D eigenvalue weighted by molar-refractivity contribution is 0.171. The second kappa shape index (κ2) is 11.9. The fraction of sp³-hybridized carbons (Fsp3) is 0.381. The molecule has 0 amide bonds. The van der Waals surface area contributed by atoms with Gasteiger partial charge in [0.25, 0.3) is 0 Å². The molecule has 3 rings (SSSR count). The molecule has 0 aromatic heterocycles. The summed E-state index contributed by atoms with van der Waals surface area (Å²) < 4.78 is 5.88. The topological polar surface area (TPSA) is 62.3 Å². The average molecular weight is 410 g/mol. The van der Waals surface area contributed by atoms with E-state index in [1.54, 1.807) is 0 Å². The van der Waals surface area contributed by atoms with Crippen LogP contribution in [0.2, 0.25) is 0 Å². The van der Waals surface area contributed by atoms with Gasteiger partial charge in [0, 0.05) is 12.5 Å². The molecule has 0 atom stereocenters. The fourth-order valence-corrected chi connectivity index (χ4v) is 3.30. The molecule has 1 saturated heterocycles. The molecule has 1 aliphatic rings. The highest BCUT2D eigenvalue weighted by atomic mass is 35.5.